The summed E-state index contributed by atoms with van der Waals surface area (Å²) in [6.07, 6.45) is 11.4. The predicted octanol–water partition coefficient (Wildman–Crippen LogP) is 9.01. The molecule has 1 aliphatic carbocycles. The molecule has 0 radical (unpaired) electrons. The van der Waals surface area contributed by atoms with Crippen LogP contribution in [-0.4, -0.2) is 57.4 Å². The molecule has 0 saturated heterocycles. The number of ether oxygens (including phenoxy) is 5. The highest BCUT2D eigenvalue weighted by Gasteiger charge is 2.24. The van der Waals surface area contributed by atoms with Crippen molar-refractivity contribution in [2.24, 2.45) is 11.8 Å². The summed E-state index contributed by atoms with van der Waals surface area (Å²) < 4.78 is 42.4. The van der Waals surface area contributed by atoms with E-state index in [1.165, 1.54) is 59.0 Å². The van der Waals surface area contributed by atoms with E-state index in [0.717, 1.165) is 29.9 Å². The van der Waals surface area contributed by atoms with Gasteiger partial charge in [0.25, 0.3) is 0 Å². The van der Waals surface area contributed by atoms with E-state index < -0.39 is 36.2 Å². The summed E-state index contributed by atoms with van der Waals surface area (Å²) in [6, 6.07) is 11.0. The van der Waals surface area contributed by atoms with Gasteiger partial charge in [-0.15, -0.1) is 0 Å². The van der Waals surface area contributed by atoms with Gasteiger partial charge >= 0.3 is 23.9 Å². The van der Waals surface area contributed by atoms with E-state index in [-0.39, 0.29) is 37.8 Å². The van der Waals surface area contributed by atoms with Crippen molar-refractivity contribution in [2.75, 3.05) is 33.5 Å². The first kappa shape index (κ1) is 42.9. The van der Waals surface area contributed by atoms with Crippen molar-refractivity contribution < 1.29 is 47.3 Å². The van der Waals surface area contributed by atoms with Gasteiger partial charge in [0.15, 0.2) is 0 Å². The summed E-state index contributed by atoms with van der Waals surface area (Å²) in [6.45, 7) is 12.3. The van der Waals surface area contributed by atoms with Crippen LogP contribution in [-0.2, 0) is 44.5 Å². The fraction of sp³-hybridized carbons (Fsp3) is 0.535. The number of carbonyl (C=O) groups is 4. The van der Waals surface area contributed by atoms with Crippen LogP contribution >= 0.6 is 0 Å². The lowest BCUT2D eigenvalue weighted by Crippen LogP contribution is -2.27. The Kier molecular flexibility index (Phi) is 18.3. The Balaban J connectivity index is 1.76. The minimum Gasteiger partial charge on any atom is -0.493 e. The van der Waals surface area contributed by atoms with Gasteiger partial charge in [-0.25, -0.2) is 14.0 Å². The van der Waals surface area contributed by atoms with E-state index in [1.807, 2.05) is 18.2 Å². The van der Waals surface area contributed by atoms with Crippen LogP contribution in [0.3, 0.4) is 0 Å². The van der Waals surface area contributed by atoms with Gasteiger partial charge in [0, 0.05) is 16.7 Å². The van der Waals surface area contributed by atoms with Crippen molar-refractivity contribution >= 4 is 23.9 Å². The van der Waals surface area contributed by atoms with Crippen LogP contribution in [0.2, 0.25) is 0 Å². The zero-order chi connectivity index (χ0) is 38.8. The van der Waals surface area contributed by atoms with Crippen molar-refractivity contribution in [1.29, 1.82) is 0 Å². The Morgan fingerprint density at radius 2 is 1.51 bits per heavy atom. The summed E-state index contributed by atoms with van der Waals surface area (Å²) in [5.41, 5.74) is 3.45. The number of unbranched alkanes of at least 4 members (excludes halogenated alkanes) is 3. The topological polar surface area (TPSA) is 114 Å². The quantitative estimate of drug-likeness (QED) is 0.0384. The molecule has 2 aromatic rings. The largest absolute Gasteiger partial charge is 0.493 e. The smallest absolute Gasteiger partial charge is 0.333 e. The molecule has 290 valence electrons. The standard InChI is InChI=1S/C43H57FO9/c1-7-8-9-10-12-31-14-16-33(17-15-31)34-18-20-37(38(44)24-34)35-19-21-39(36(23-35)13-11-22-50-42(47)29(2)3)51-26-32(28-53-43(48)30(4)5)27-52-41(46)25-40(45)49-6/h18-21,23-24,31-33H,2,4,7-17,22,25-28H2,1,3,5-6H3. The lowest BCUT2D eigenvalue weighted by molar-refractivity contribution is -0.154. The second-order valence-corrected chi connectivity index (χ2v) is 14.1. The van der Waals surface area contributed by atoms with Gasteiger partial charge in [0.05, 0.1) is 26.2 Å². The molecular formula is C43H57FO9. The third kappa shape index (κ3) is 14.8. The molecule has 9 nitrogen and oxygen atoms in total. The molecule has 0 spiro atoms. The molecule has 53 heavy (non-hydrogen) atoms. The number of rotatable bonds is 22. The second-order valence-electron chi connectivity index (χ2n) is 14.1. The van der Waals surface area contributed by atoms with Crippen molar-refractivity contribution in [3.8, 4) is 16.9 Å². The van der Waals surface area contributed by atoms with Crippen LogP contribution < -0.4 is 4.74 Å². The lowest BCUT2D eigenvalue weighted by Gasteiger charge is -2.29. The number of hydrogen-bond acceptors (Lipinski definition) is 9. The third-order valence-corrected chi connectivity index (χ3v) is 9.59. The van der Waals surface area contributed by atoms with Crippen molar-refractivity contribution in [3.63, 3.8) is 0 Å². The molecule has 0 heterocycles. The van der Waals surface area contributed by atoms with Crippen molar-refractivity contribution in [3.05, 3.63) is 77.6 Å². The van der Waals surface area contributed by atoms with E-state index in [1.54, 1.807) is 25.1 Å². The maximum absolute atomic E-state index is 15.8. The first-order valence-corrected chi connectivity index (χ1v) is 18.8. The van der Waals surface area contributed by atoms with Gasteiger partial charge in [-0.2, -0.15) is 0 Å². The van der Waals surface area contributed by atoms with E-state index >= 15 is 4.39 Å². The number of aryl methyl sites for hydroxylation is 1. The molecule has 1 unspecified atom stereocenters. The maximum Gasteiger partial charge on any atom is 0.333 e. The molecule has 1 saturated carbocycles. The zero-order valence-corrected chi connectivity index (χ0v) is 32.0. The van der Waals surface area contributed by atoms with Gasteiger partial charge < -0.3 is 23.7 Å². The number of methoxy groups -OCH3 is 1. The minimum atomic E-state index is -0.791. The van der Waals surface area contributed by atoms with Gasteiger partial charge in [-0.1, -0.05) is 70.4 Å². The van der Waals surface area contributed by atoms with Crippen molar-refractivity contribution in [1.82, 2.24) is 0 Å². The van der Waals surface area contributed by atoms with Crippen LogP contribution in [0.4, 0.5) is 4.39 Å². The highest BCUT2D eigenvalue weighted by molar-refractivity contribution is 5.91. The predicted molar refractivity (Wildman–Crippen MR) is 202 cm³/mol. The zero-order valence-electron chi connectivity index (χ0n) is 32.0. The van der Waals surface area contributed by atoms with Crippen LogP contribution in [0, 0.1) is 17.7 Å². The molecule has 0 aliphatic heterocycles. The molecule has 3 rings (SSSR count). The first-order chi connectivity index (χ1) is 25.4. The number of esters is 4. The Morgan fingerprint density at radius 1 is 0.811 bits per heavy atom. The Labute approximate surface area is 314 Å². The van der Waals surface area contributed by atoms with E-state index in [0.29, 0.717) is 41.2 Å². The summed E-state index contributed by atoms with van der Waals surface area (Å²) in [5.74, 6) is -1.87. The van der Waals surface area contributed by atoms with E-state index in [9.17, 15) is 19.2 Å². The van der Waals surface area contributed by atoms with Crippen LogP contribution in [0.25, 0.3) is 11.1 Å². The number of carbonyl (C=O) groups excluding carboxylic acids is 4. The Hall–Kier alpha value is -4.47. The lowest BCUT2D eigenvalue weighted by atomic mass is 9.77. The number of halogens is 1. The average Bonchev–Trinajstić information content (AvgIpc) is 3.14. The fourth-order valence-electron chi connectivity index (χ4n) is 6.42. The summed E-state index contributed by atoms with van der Waals surface area (Å²) in [4.78, 5) is 47.7. The molecule has 10 heteroatoms. The molecule has 0 N–H and O–H groups in total. The number of hydrogen-bond donors (Lipinski definition) is 0. The van der Waals surface area contributed by atoms with Gasteiger partial charge in [0.2, 0.25) is 0 Å². The summed E-state index contributed by atoms with van der Waals surface area (Å²) >= 11 is 0. The van der Waals surface area contributed by atoms with Crippen molar-refractivity contribution in [2.45, 2.75) is 104 Å². The number of benzene rings is 2. The molecule has 1 atom stereocenters. The Morgan fingerprint density at radius 3 is 2.17 bits per heavy atom. The molecule has 1 aliphatic rings. The molecular weight excluding hydrogens is 679 g/mol. The van der Waals surface area contributed by atoms with Gasteiger partial charge in [-0.05, 0) is 99.1 Å². The normalized spacial score (nSPS) is 15.9. The third-order valence-electron chi connectivity index (χ3n) is 9.59. The van der Waals surface area contributed by atoms with Crippen LogP contribution in [0.15, 0.2) is 60.7 Å². The van der Waals surface area contributed by atoms with Crippen LogP contribution in [0.1, 0.15) is 108 Å². The molecule has 1 fully saturated rings. The van der Waals surface area contributed by atoms with E-state index in [4.69, 9.17) is 18.9 Å². The first-order valence-electron chi connectivity index (χ1n) is 18.8. The SMILES string of the molecule is C=C(C)C(=O)OCCCc1cc(-c2ccc(C3CCC(CCCCCC)CC3)cc2F)ccc1OCC(COC(=O)CC(=O)OC)COC(=O)C(=C)C. The Bertz CT molecular complexity index is 1560. The molecule has 2 aromatic carbocycles. The highest BCUT2D eigenvalue weighted by atomic mass is 19.1. The fourth-order valence-corrected chi connectivity index (χ4v) is 6.42. The molecule has 0 aromatic heterocycles. The minimum absolute atomic E-state index is 0.0178. The van der Waals surface area contributed by atoms with E-state index in [2.05, 4.69) is 24.8 Å². The van der Waals surface area contributed by atoms with Crippen LogP contribution in [0.5, 0.6) is 5.75 Å². The van der Waals surface area contributed by atoms with Gasteiger partial charge in [-0.3, -0.25) is 9.59 Å². The summed E-state index contributed by atoms with van der Waals surface area (Å²) in [7, 11) is 1.17. The molecule has 0 amide bonds. The average molecular weight is 737 g/mol. The monoisotopic (exact) mass is 736 g/mol. The second kappa shape index (κ2) is 22.6. The summed E-state index contributed by atoms with van der Waals surface area (Å²) in [5, 5.41) is 0. The van der Waals surface area contributed by atoms with Gasteiger partial charge in [0.1, 0.15) is 31.2 Å². The highest BCUT2D eigenvalue weighted by Crippen LogP contribution is 2.39. The maximum atomic E-state index is 15.8. The molecule has 0 bridgehead atoms.